The zero-order chi connectivity index (χ0) is 15.9. The quantitative estimate of drug-likeness (QED) is 0.504. The molecule has 0 amide bonds. The van der Waals surface area contributed by atoms with Gasteiger partial charge in [0.25, 0.3) is 0 Å². The molecule has 0 aromatic heterocycles. The number of rotatable bonds is 7. The molecule has 0 radical (unpaired) electrons. The van der Waals surface area contributed by atoms with Crippen LogP contribution >= 0.6 is 27.9 Å². The van der Waals surface area contributed by atoms with E-state index in [0.29, 0.717) is 12.0 Å². The molecule has 1 aromatic carbocycles. The number of nitrogens with zero attached hydrogens (tertiary/aromatic N) is 1. The van der Waals surface area contributed by atoms with Crippen molar-refractivity contribution < 1.29 is 0 Å². The molecule has 3 heteroatoms. The van der Waals surface area contributed by atoms with Crippen LogP contribution in [0.1, 0.15) is 45.2 Å². The predicted octanol–water partition coefficient (Wildman–Crippen LogP) is 6.39. The van der Waals surface area contributed by atoms with Crippen LogP contribution in [0, 0.1) is 5.92 Å². The first-order valence-corrected chi connectivity index (χ1v) is 9.80. The molecule has 2 rings (SSSR count). The fourth-order valence-corrected chi connectivity index (χ4v) is 4.06. The third kappa shape index (κ3) is 5.60. The summed E-state index contributed by atoms with van der Waals surface area (Å²) in [6, 6.07) is 9.14. The van der Waals surface area contributed by atoms with Gasteiger partial charge in [0.1, 0.15) is 0 Å². The SMILES string of the molecule is CC(C)CN(SCC1=CCCC=C1)C(C)c1ccc(Br)cc1. The van der Waals surface area contributed by atoms with Gasteiger partial charge in [-0.2, -0.15) is 0 Å². The Morgan fingerprint density at radius 2 is 1.86 bits per heavy atom. The number of hydrogen-bond acceptors (Lipinski definition) is 2. The molecule has 0 aliphatic heterocycles. The van der Waals surface area contributed by atoms with E-state index in [1.807, 2.05) is 11.9 Å². The second-order valence-corrected chi connectivity index (χ2v) is 8.18. The minimum atomic E-state index is 0.425. The van der Waals surface area contributed by atoms with Gasteiger partial charge in [0, 0.05) is 22.8 Å². The van der Waals surface area contributed by atoms with Crippen molar-refractivity contribution in [3.8, 4) is 0 Å². The summed E-state index contributed by atoms with van der Waals surface area (Å²) in [5, 5.41) is 0. The largest absolute Gasteiger partial charge is 0.243 e. The molecule has 0 N–H and O–H groups in total. The molecule has 0 heterocycles. The van der Waals surface area contributed by atoms with Crippen molar-refractivity contribution in [3.05, 3.63) is 58.1 Å². The molecule has 1 unspecified atom stereocenters. The van der Waals surface area contributed by atoms with Crippen LogP contribution in [0.4, 0.5) is 0 Å². The first kappa shape index (κ1) is 17.8. The summed E-state index contributed by atoms with van der Waals surface area (Å²) >= 11 is 5.49. The highest BCUT2D eigenvalue weighted by molar-refractivity contribution is 9.10. The average Bonchev–Trinajstić information content (AvgIpc) is 2.52. The van der Waals surface area contributed by atoms with Crippen LogP contribution in [0.25, 0.3) is 0 Å². The first-order valence-electron chi connectivity index (χ1n) is 8.07. The van der Waals surface area contributed by atoms with E-state index in [9.17, 15) is 0 Å². The lowest BCUT2D eigenvalue weighted by atomic mass is 10.1. The Balaban J connectivity index is 2.02. The van der Waals surface area contributed by atoms with E-state index in [2.05, 4.69) is 83.5 Å². The van der Waals surface area contributed by atoms with E-state index in [4.69, 9.17) is 0 Å². The molecule has 120 valence electrons. The van der Waals surface area contributed by atoms with Crippen LogP contribution in [0.2, 0.25) is 0 Å². The van der Waals surface area contributed by atoms with Crippen LogP contribution in [0.3, 0.4) is 0 Å². The van der Waals surface area contributed by atoms with Crippen molar-refractivity contribution in [1.82, 2.24) is 4.31 Å². The molecule has 1 aliphatic rings. The zero-order valence-electron chi connectivity index (χ0n) is 13.8. The molecule has 1 aromatic rings. The summed E-state index contributed by atoms with van der Waals surface area (Å²) in [4.78, 5) is 0. The minimum Gasteiger partial charge on any atom is -0.243 e. The molecule has 1 aliphatic carbocycles. The molecule has 1 atom stereocenters. The third-order valence-electron chi connectivity index (χ3n) is 3.80. The van der Waals surface area contributed by atoms with Crippen LogP contribution in [-0.4, -0.2) is 16.6 Å². The first-order chi connectivity index (χ1) is 10.6. The van der Waals surface area contributed by atoms with Gasteiger partial charge in [-0.05, 0) is 49.0 Å². The number of allylic oxidation sites excluding steroid dienone is 3. The highest BCUT2D eigenvalue weighted by Crippen LogP contribution is 2.30. The van der Waals surface area contributed by atoms with Gasteiger partial charge in [-0.1, -0.05) is 72.1 Å². The van der Waals surface area contributed by atoms with E-state index in [0.717, 1.165) is 16.8 Å². The lowest BCUT2D eigenvalue weighted by Gasteiger charge is -2.30. The van der Waals surface area contributed by atoms with Gasteiger partial charge in [-0.3, -0.25) is 0 Å². The molecule has 22 heavy (non-hydrogen) atoms. The topological polar surface area (TPSA) is 3.24 Å². The molecular formula is C19H26BrNS. The number of halogens is 1. The van der Waals surface area contributed by atoms with Gasteiger partial charge in [0.2, 0.25) is 0 Å². The molecule has 0 saturated heterocycles. The standard InChI is InChI=1S/C19H26BrNS/c1-15(2)13-21(22-14-17-7-5-4-6-8-17)16(3)18-9-11-19(20)12-10-18/h5,7-12,15-16H,4,6,13-14H2,1-3H3. The minimum absolute atomic E-state index is 0.425. The van der Waals surface area contributed by atoms with Gasteiger partial charge in [0.05, 0.1) is 0 Å². The van der Waals surface area contributed by atoms with Crippen LogP contribution in [-0.2, 0) is 0 Å². The molecule has 1 nitrogen and oxygen atoms in total. The predicted molar refractivity (Wildman–Crippen MR) is 103 cm³/mol. The van der Waals surface area contributed by atoms with Crippen LogP contribution in [0.5, 0.6) is 0 Å². The Morgan fingerprint density at radius 1 is 1.14 bits per heavy atom. The zero-order valence-corrected chi connectivity index (χ0v) is 16.2. The van der Waals surface area contributed by atoms with Gasteiger partial charge in [0.15, 0.2) is 0 Å². The van der Waals surface area contributed by atoms with Crippen molar-refractivity contribution in [3.63, 3.8) is 0 Å². The van der Waals surface area contributed by atoms with E-state index >= 15 is 0 Å². The third-order valence-corrected chi connectivity index (χ3v) is 5.59. The summed E-state index contributed by atoms with van der Waals surface area (Å²) in [5.74, 6) is 1.74. The fourth-order valence-electron chi connectivity index (χ4n) is 2.52. The second kappa shape index (κ2) is 8.95. The van der Waals surface area contributed by atoms with E-state index in [1.54, 1.807) is 0 Å². The van der Waals surface area contributed by atoms with Crippen molar-refractivity contribution >= 4 is 27.9 Å². The maximum Gasteiger partial charge on any atom is 0.0424 e. The molecule has 0 saturated carbocycles. The van der Waals surface area contributed by atoms with Crippen LogP contribution < -0.4 is 0 Å². The maximum atomic E-state index is 3.52. The Bertz CT molecular complexity index is 519. The van der Waals surface area contributed by atoms with Gasteiger partial charge >= 0.3 is 0 Å². The summed E-state index contributed by atoms with van der Waals surface area (Å²) < 4.78 is 3.68. The summed E-state index contributed by atoms with van der Waals surface area (Å²) in [6.45, 7) is 8.01. The lowest BCUT2D eigenvalue weighted by molar-refractivity contribution is 0.340. The monoisotopic (exact) mass is 379 g/mol. The lowest BCUT2D eigenvalue weighted by Crippen LogP contribution is -2.25. The van der Waals surface area contributed by atoms with Gasteiger partial charge in [-0.25, -0.2) is 4.31 Å². The van der Waals surface area contributed by atoms with Crippen molar-refractivity contribution in [1.29, 1.82) is 0 Å². The molecular weight excluding hydrogens is 354 g/mol. The van der Waals surface area contributed by atoms with Gasteiger partial charge in [-0.15, -0.1) is 0 Å². The molecule has 0 spiro atoms. The Hall–Kier alpha value is -0.510. The number of benzene rings is 1. The summed E-state index contributed by atoms with van der Waals surface area (Å²) in [6.07, 6.45) is 9.35. The smallest absolute Gasteiger partial charge is 0.0424 e. The van der Waals surface area contributed by atoms with E-state index in [1.165, 1.54) is 24.0 Å². The summed E-state index contributed by atoms with van der Waals surface area (Å²) in [5.41, 5.74) is 2.84. The molecule has 0 fully saturated rings. The Morgan fingerprint density at radius 3 is 2.45 bits per heavy atom. The normalized spacial score (nSPS) is 16.2. The maximum absolute atomic E-state index is 3.52. The van der Waals surface area contributed by atoms with E-state index < -0.39 is 0 Å². The molecule has 0 bridgehead atoms. The van der Waals surface area contributed by atoms with Crippen molar-refractivity contribution in [2.75, 3.05) is 12.3 Å². The number of hydrogen-bond donors (Lipinski definition) is 0. The highest BCUT2D eigenvalue weighted by atomic mass is 79.9. The van der Waals surface area contributed by atoms with Crippen molar-refractivity contribution in [2.45, 2.75) is 39.7 Å². The highest BCUT2D eigenvalue weighted by Gasteiger charge is 2.18. The summed E-state index contributed by atoms with van der Waals surface area (Å²) in [7, 11) is 0. The second-order valence-electron chi connectivity index (χ2n) is 6.25. The van der Waals surface area contributed by atoms with Gasteiger partial charge < -0.3 is 0 Å². The van der Waals surface area contributed by atoms with Crippen LogP contribution in [0.15, 0.2) is 52.5 Å². The average molecular weight is 380 g/mol. The fraction of sp³-hybridized carbons (Fsp3) is 0.474. The Labute approximate surface area is 148 Å². The Kier molecular flexibility index (Phi) is 7.26. The van der Waals surface area contributed by atoms with Crippen molar-refractivity contribution in [2.24, 2.45) is 5.92 Å². The van der Waals surface area contributed by atoms with E-state index in [-0.39, 0.29) is 0 Å².